The number of hydrazine groups is 1. The van der Waals surface area contributed by atoms with Gasteiger partial charge in [0, 0.05) is 13.1 Å². The lowest BCUT2D eigenvalue weighted by Crippen LogP contribution is -2.26. The molecule has 0 aromatic carbocycles. The molecule has 0 atom stereocenters. The summed E-state index contributed by atoms with van der Waals surface area (Å²) in [6.07, 6.45) is 3.13. The summed E-state index contributed by atoms with van der Waals surface area (Å²) in [6.45, 7) is 5.61. The van der Waals surface area contributed by atoms with Gasteiger partial charge in [0.05, 0.1) is 17.4 Å². The molecule has 102 valence electrons. The van der Waals surface area contributed by atoms with E-state index in [4.69, 9.17) is 17.4 Å². The topological polar surface area (TPSA) is 97.8 Å². The third kappa shape index (κ3) is 2.91. The van der Waals surface area contributed by atoms with Gasteiger partial charge in [-0.2, -0.15) is 20.1 Å². The van der Waals surface area contributed by atoms with E-state index in [1.54, 1.807) is 6.20 Å². The molecule has 0 radical (unpaired) electrons. The lowest BCUT2D eigenvalue weighted by Gasteiger charge is -2.19. The molecule has 0 saturated heterocycles. The SMILES string of the molecule is CCN(CC)c1nc(NN)nc(-n2cc(Cl)cn2)n1. The van der Waals surface area contributed by atoms with Crippen molar-refractivity contribution in [1.29, 1.82) is 0 Å². The number of nitrogens with zero attached hydrogens (tertiary/aromatic N) is 6. The first-order chi connectivity index (χ1) is 9.17. The summed E-state index contributed by atoms with van der Waals surface area (Å²) < 4.78 is 1.47. The molecule has 0 bridgehead atoms. The average Bonchev–Trinajstić information content (AvgIpc) is 2.86. The van der Waals surface area contributed by atoms with Crippen molar-refractivity contribution in [3.8, 4) is 5.95 Å². The molecule has 0 unspecified atom stereocenters. The first kappa shape index (κ1) is 13.5. The molecule has 3 N–H and O–H groups in total. The van der Waals surface area contributed by atoms with Crippen molar-refractivity contribution < 1.29 is 0 Å². The van der Waals surface area contributed by atoms with Crippen molar-refractivity contribution in [2.45, 2.75) is 13.8 Å². The minimum absolute atomic E-state index is 0.276. The zero-order valence-corrected chi connectivity index (χ0v) is 11.5. The second-order valence-corrected chi connectivity index (χ2v) is 4.12. The lowest BCUT2D eigenvalue weighted by molar-refractivity contribution is 0.762. The van der Waals surface area contributed by atoms with Gasteiger partial charge in [0.25, 0.3) is 5.95 Å². The summed E-state index contributed by atoms with van der Waals surface area (Å²) in [5.74, 6) is 6.55. The van der Waals surface area contributed by atoms with Crippen molar-refractivity contribution >= 4 is 23.5 Å². The Morgan fingerprint density at radius 3 is 2.58 bits per heavy atom. The van der Waals surface area contributed by atoms with Crippen LogP contribution in [0, 0.1) is 0 Å². The van der Waals surface area contributed by atoms with Crippen LogP contribution in [0.1, 0.15) is 13.8 Å². The number of nitrogens with one attached hydrogen (secondary N) is 1. The van der Waals surface area contributed by atoms with Crippen LogP contribution < -0.4 is 16.2 Å². The number of anilines is 2. The molecule has 0 aliphatic rings. The lowest BCUT2D eigenvalue weighted by atomic mass is 10.5. The van der Waals surface area contributed by atoms with Gasteiger partial charge in [0.15, 0.2) is 0 Å². The van der Waals surface area contributed by atoms with Gasteiger partial charge in [-0.15, -0.1) is 0 Å². The normalized spacial score (nSPS) is 10.5. The van der Waals surface area contributed by atoms with Crippen LogP contribution in [0.2, 0.25) is 5.02 Å². The van der Waals surface area contributed by atoms with Crippen molar-refractivity contribution in [3.63, 3.8) is 0 Å². The summed E-state index contributed by atoms with van der Waals surface area (Å²) in [7, 11) is 0. The third-order valence-corrected chi connectivity index (χ3v) is 2.74. The minimum Gasteiger partial charge on any atom is -0.341 e. The summed E-state index contributed by atoms with van der Waals surface area (Å²) in [6, 6.07) is 0. The van der Waals surface area contributed by atoms with Gasteiger partial charge in [0.1, 0.15) is 0 Å². The number of nitrogens with two attached hydrogens (primary N) is 1. The van der Waals surface area contributed by atoms with Crippen LogP contribution in [0.25, 0.3) is 5.95 Å². The molecule has 2 heterocycles. The number of rotatable bonds is 5. The van der Waals surface area contributed by atoms with Gasteiger partial charge < -0.3 is 4.90 Å². The predicted octanol–water partition coefficient (Wildman–Crippen LogP) is 0.842. The molecule has 0 aliphatic carbocycles. The first-order valence-corrected chi connectivity index (χ1v) is 6.23. The van der Waals surface area contributed by atoms with E-state index in [0.29, 0.717) is 16.9 Å². The Hall–Kier alpha value is -1.93. The maximum absolute atomic E-state index is 5.84. The highest BCUT2D eigenvalue weighted by Crippen LogP contribution is 2.14. The van der Waals surface area contributed by atoms with E-state index in [9.17, 15) is 0 Å². The van der Waals surface area contributed by atoms with Crippen LogP contribution in [-0.4, -0.2) is 37.8 Å². The van der Waals surface area contributed by atoms with E-state index in [-0.39, 0.29) is 5.95 Å². The summed E-state index contributed by atoms with van der Waals surface area (Å²) in [4.78, 5) is 14.7. The van der Waals surface area contributed by atoms with Crippen LogP contribution in [0.3, 0.4) is 0 Å². The van der Waals surface area contributed by atoms with E-state index in [1.807, 2.05) is 18.7 Å². The highest BCUT2D eigenvalue weighted by atomic mass is 35.5. The van der Waals surface area contributed by atoms with Gasteiger partial charge >= 0.3 is 0 Å². The molecule has 9 heteroatoms. The Balaban J connectivity index is 2.46. The van der Waals surface area contributed by atoms with Gasteiger partial charge in [-0.1, -0.05) is 11.6 Å². The van der Waals surface area contributed by atoms with E-state index in [2.05, 4.69) is 25.5 Å². The summed E-state index contributed by atoms with van der Waals surface area (Å²) in [5.41, 5.74) is 2.42. The Morgan fingerprint density at radius 2 is 2.05 bits per heavy atom. The van der Waals surface area contributed by atoms with Crippen LogP contribution >= 0.6 is 11.6 Å². The predicted molar refractivity (Wildman–Crippen MR) is 73.3 cm³/mol. The van der Waals surface area contributed by atoms with Crippen LogP contribution in [-0.2, 0) is 0 Å². The van der Waals surface area contributed by atoms with Crippen molar-refractivity contribution in [2.75, 3.05) is 23.4 Å². The molecule has 2 rings (SSSR count). The van der Waals surface area contributed by atoms with Crippen molar-refractivity contribution in [2.24, 2.45) is 5.84 Å². The monoisotopic (exact) mass is 282 g/mol. The van der Waals surface area contributed by atoms with E-state index >= 15 is 0 Å². The van der Waals surface area contributed by atoms with Gasteiger partial charge in [0.2, 0.25) is 11.9 Å². The Morgan fingerprint density at radius 1 is 1.32 bits per heavy atom. The van der Waals surface area contributed by atoms with Gasteiger partial charge in [-0.05, 0) is 13.8 Å². The third-order valence-electron chi connectivity index (χ3n) is 2.54. The molecular formula is C10H15ClN8. The Labute approximate surface area is 115 Å². The standard InChI is InChI=1S/C10H15ClN8/c1-3-18(4-2)9-14-8(17-12)15-10(16-9)19-6-7(11)5-13-19/h5-6H,3-4,12H2,1-2H3,(H,14,15,16,17). The number of nitrogen functional groups attached to an aromatic ring is 1. The second kappa shape index (κ2) is 5.81. The molecule has 8 nitrogen and oxygen atoms in total. The second-order valence-electron chi connectivity index (χ2n) is 3.68. The van der Waals surface area contributed by atoms with Crippen molar-refractivity contribution in [1.82, 2.24) is 24.7 Å². The maximum Gasteiger partial charge on any atom is 0.257 e. The van der Waals surface area contributed by atoms with Crippen LogP contribution in [0.4, 0.5) is 11.9 Å². The van der Waals surface area contributed by atoms with Crippen LogP contribution in [0.15, 0.2) is 12.4 Å². The fourth-order valence-electron chi connectivity index (χ4n) is 1.58. The molecule has 0 amide bonds. The van der Waals surface area contributed by atoms with E-state index in [1.165, 1.54) is 10.9 Å². The summed E-state index contributed by atoms with van der Waals surface area (Å²) >= 11 is 5.84. The molecule has 19 heavy (non-hydrogen) atoms. The maximum atomic E-state index is 5.84. The molecule has 0 spiro atoms. The zero-order chi connectivity index (χ0) is 13.8. The average molecular weight is 283 g/mol. The minimum atomic E-state index is 0.276. The van der Waals surface area contributed by atoms with Gasteiger partial charge in [-0.25, -0.2) is 10.5 Å². The largest absolute Gasteiger partial charge is 0.341 e. The fraction of sp³-hybridized carbons (Fsp3) is 0.400. The zero-order valence-electron chi connectivity index (χ0n) is 10.7. The number of halogens is 1. The molecule has 0 fully saturated rings. The molecular weight excluding hydrogens is 268 g/mol. The molecule has 0 saturated carbocycles. The fourth-order valence-corrected chi connectivity index (χ4v) is 1.72. The highest BCUT2D eigenvalue weighted by Gasteiger charge is 2.12. The number of hydrogen-bond donors (Lipinski definition) is 2. The smallest absolute Gasteiger partial charge is 0.257 e. The van der Waals surface area contributed by atoms with Crippen molar-refractivity contribution in [3.05, 3.63) is 17.4 Å². The Bertz CT molecular complexity index is 550. The molecule has 2 aromatic rings. The number of hydrogen-bond acceptors (Lipinski definition) is 7. The molecule has 0 aliphatic heterocycles. The van der Waals surface area contributed by atoms with E-state index in [0.717, 1.165) is 13.1 Å². The molecule has 2 aromatic heterocycles. The quantitative estimate of drug-likeness (QED) is 0.619. The van der Waals surface area contributed by atoms with Gasteiger partial charge in [-0.3, -0.25) is 5.43 Å². The first-order valence-electron chi connectivity index (χ1n) is 5.86. The number of aromatic nitrogens is 5. The summed E-state index contributed by atoms with van der Waals surface area (Å²) in [5, 5.41) is 4.56. The van der Waals surface area contributed by atoms with E-state index < -0.39 is 0 Å². The Kier molecular flexibility index (Phi) is 4.13. The highest BCUT2D eigenvalue weighted by molar-refractivity contribution is 6.30. The van der Waals surface area contributed by atoms with Crippen LogP contribution in [0.5, 0.6) is 0 Å².